The summed E-state index contributed by atoms with van der Waals surface area (Å²) in [5.74, 6) is 0.695. The number of carbonyl (C=O) groups is 1. The van der Waals surface area contributed by atoms with Gasteiger partial charge in [-0.3, -0.25) is 4.79 Å². The van der Waals surface area contributed by atoms with Crippen molar-refractivity contribution < 1.29 is 9.53 Å². The second-order valence-electron chi connectivity index (χ2n) is 5.19. The van der Waals surface area contributed by atoms with Gasteiger partial charge in [-0.25, -0.2) is 0 Å². The Hall–Kier alpha value is -1.00. The zero-order chi connectivity index (χ0) is 14.2. The van der Waals surface area contributed by atoms with Crippen LogP contribution in [0.15, 0.2) is 35.2 Å². The van der Waals surface area contributed by atoms with Crippen LogP contribution in [0.3, 0.4) is 0 Å². The van der Waals surface area contributed by atoms with Crippen molar-refractivity contribution >= 4 is 17.7 Å². The third-order valence-corrected chi connectivity index (χ3v) is 4.59. The molecule has 20 heavy (non-hydrogen) atoms. The molecule has 0 aliphatic carbocycles. The average Bonchev–Trinajstić information content (AvgIpc) is 2.52. The van der Waals surface area contributed by atoms with E-state index in [-0.39, 0.29) is 5.91 Å². The van der Waals surface area contributed by atoms with Crippen LogP contribution in [0.5, 0.6) is 0 Å². The van der Waals surface area contributed by atoms with E-state index in [1.165, 1.54) is 12.8 Å². The summed E-state index contributed by atoms with van der Waals surface area (Å²) in [5, 5.41) is 0. The second-order valence-corrected chi connectivity index (χ2v) is 6.24. The van der Waals surface area contributed by atoms with Crippen LogP contribution in [-0.4, -0.2) is 42.9 Å². The first-order valence-electron chi connectivity index (χ1n) is 7.29. The topological polar surface area (TPSA) is 29.5 Å². The van der Waals surface area contributed by atoms with Gasteiger partial charge in [-0.1, -0.05) is 18.2 Å². The molecule has 1 aliphatic rings. The zero-order valence-corrected chi connectivity index (χ0v) is 12.9. The Balaban J connectivity index is 1.66. The van der Waals surface area contributed by atoms with Crippen LogP contribution in [0, 0.1) is 0 Å². The Bertz CT molecular complexity index is 404. The average molecular weight is 293 g/mol. The number of benzene rings is 1. The smallest absolute Gasteiger partial charge is 0.232 e. The number of nitrogens with zero attached hydrogens (tertiary/aromatic N) is 1. The predicted octanol–water partition coefficient (Wildman–Crippen LogP) is 3.20. The van der Waals surface area contributed by atoms with Crippen molar-refractivity contribution in [1.82, 2.24) is 4.90 Å². The number of hydrogen-bond acceptors (Lipinski definition) is 3. The lowest BCUT2D eigenvalue weighted by atomic mass is 10.1. The molecule has 1 heterocycles. The second kappa shape index (κ2) is 8.32. The molecule has 3 nitrogen and oxygen atoms in total. The minimum atomic E-state index is 0.190. The molecule has 1 saturated heterocycles. The molecule has 1 aromatic carbocycles. The van der Waals surface area contributed by atoms with Crippen LogP contribution in [0.4, 0.5) is 0 Å². The van der Waals surface area contributed by atoms with Crippen molar-refractivity contribution in [2.45, 2.75) is 36.7 Å². The van der Waals surface area contributed by atoms with Gasteiger partial charge in [0.05, 0.1) is 11.9 Å². The monoisotopic (exact) mass is 293 g/mol. The van der Waals surface area contributed by atoms with E-state index in [9.17, 15) is 4.79 Å². The maximum atomic E-state index is 12.1. The molecule has 0 bridgehead atoms. The molecular weight excluding hydrogens is 270 g/mol. The first kappa shape index (κ1) is 15.4. The molecule has 4 heteroatoms. The molecule has 1 atom stereocenters. The van der Waals surface area contributed by atoms with E-state index in [0.717, 1.165) is 30.9 Å². The number of amides is 1. The predicted molar refractivity (Wildman–Crippen MR) is 83.0 cm³/mol. The Morgan fingerprint density at radius 1 is 1.35 bits per heavy atom. The van der Waals surface area contributed by atoms with Crippen LogP contribution in [0.1, 0.15) is 25.7 Å². The van der Waals surface area contributed by atoms with Crippen LogP contribution < -0.4 is 0 Å². The molecule has 2 rings (SSSR count). The molecule has 0 saturated carbocycles. The molecule has 0 radical (unpaired) electrons. The molecule has 0 N–H and O–H groups in total. The minimum absolute atomic E-state index is 0.190. The lowest BCUT2D eigenvalue weighted by Crippen LogP contribution is -2.32. The third kappa shape index (κ3) is 5.17. The fraction of sp³-hybridized carbons (Fsp3) is 0.562. The number of rotatable bonds is 6. The van der Waals surface area contributed by atoms with E-state index in [4.69, 9.17) is 4.74 Å². The van der Waals surface area contributed by atoms with Gasteiger partial charge in [-0.15, -0.1) is 11.8 Å². The number of ether oxygens (including phenoxy) is 1. The van der Waals surface area contributed by atoms with Gasteiger partial charge in [0.25, 0.3) is 0 Å². The maximum absolute atomic E-state index is 12.1. The Morgan fingerprint density at radius 3 is 2.85 bits per heavy atom. The van der Waals surface area contributed by atoms with Gasteiger partial charge in [0, 0.05) is 25.1 Å². The minimum Gasteiger partial charge on any atom is -0.378 e. The fourth-order valence-corrected chi connectivity index (χ4v) is 3.13. The number of thioether (sulfide) groups is 1. The van der Waals surface area contributed by atoms with Crippen LogP contribution in [0.2, 0.25) is 0 Å². The van der Waals surface area contributed by atoms with Crippen molar-refractivity contribution in [3.05, 3.63) is 30.3 Å². The van der Waals surface area contributed by atoms with E-state index in [0.29, 0.717) is 11.9 Å². The van der Waals surface area contributed by atoms with Gasteiger partial charge in [0.2, 0.25) is 5.91 Å². The highest BCUT2D eigenvalue weighted by Gasteiger charge is 2.16. The third-order valence-electron chi connectivity index (χ3n) is 3.59. The van der Waals surface area contributed by atoms with Gasteiger partial charge >= 0.3 is 0 Å². The molecule has 1 aromatic rings. The van der Waals surface area contributed by atoms with Crippen LogP contribution >= 0.6 is 11.8 Å². The SMILES string of the molecule is CN(CC[C@H]1CCCCO1)C(=O)CSc1ccccc1. The first-order valence-corrected chi connectivity index (χ1v) is 8.27. The van der Waals surface area contributed by atoms with Crippen molar-refractivity contribution in [2.75, 3.05) is 26.0 Å². The Kier molecular flexibility index (Phi) is 6.40. The van der Waals surface area contributed by atoms with Crippen molar-refractivity contribution in [1.29, 1.82) is 0 Å². The summed E-state index contributed by atoms with van der Waals surface area (Å²) in [4.78, 5) is 15.0. The molecule has 0 unspecified atom stereocenters. The lowest BCUT2D eigenvalue weighted by molar-refractivity contribution is -0.127. The standard InChI is InChI=1S/C16H23NO2S/c1-17(11-10-14-7-5-6-12-19-14)16(18)13-20-15-8-3-2-4-9-15/h2-4,8-9,14H,5-7,10-13H2,1H3/t14-/m1/s1. The van der Waals surface area contributed by atoms with Crippen LogP contribution in [-0.2, 0) is 9.53 Å². The van der Waals surface area contributed by atoms with Crippen LogP contribution in [0.25, 0.3) is 0 Å². The summed E-state index contributed by atoms with van der Waals surface area (Å²) >= 11 is 1.60. The van der Waals surface area contributed by atoms with Gasteiger partial charge in [-0.2, -0.15) is 0 Å². The van der Waals surface area contributed by atoms with Crippen molar-refractivity contribution in [3.8, 4) is 0 Å². The largest absolute Gasteiger partial charge is 0.378 e. The molecule has 0 spiro atoms. The van der Waals surface area contributed by atoms with Crippen molar-refractivity contribution in [2.24, 2.45) is 0 Å². The molecule has 1 fully saturated rings. The maximum Gasteiger partial charge on any atom is 0.232 e. The van der Waals surface area contributed by atoms with Gasteiger partial charge in [0.1, 0.15) is 0 Å². The summed E-state index contributed by atoms with van der Waals surface area (Å²) in [5.41, 5.74) is 0. The van der Waals surface area contributed by atoms with Crippen molar-refractivity contribution in [3.63, 3.8) is 0 Å². The van der Waals surface area contributed by atoms with E-state index >= 15 is 0 Å². The highest BCUT2D eigenvalue weighted by molar-refractivity contribution is 8.00. The van der Waals surface area contributed by atoms with Gasteiger partial charge in [-0.05, 0) is 37.8 Å². The van der Waals surface area contributed by atoms with Gasteiger partial charge in [0.15, 0.2) is 0 Å². The highest BCUT2D eigenvalue weighted by Crippen LogP contribution is 2.18. The van der Waals surface area contributed by atoms with E-state index in [1.807, 2.05) is 42.3 Å². The van der Waals surface area contributed by atoms with Gasteiger partial charge < -0.3 is 9.64 Å². The zero-order valence-electron chi connectivity index (χ0n) is 12.1. The lowest BCUT2D eigenvalue weighted by Gasteiger charge is -2.25. The van der Waals surface area contributed by atoms with E-state index in [1.54, 1.807) is 11.8 Å². The number of carbonyl (C=O) groups excluding carboxylic acids is 1. The molecule has 0 aromatic heterocycles. The molecular formula is C16H23NO2S. The first-order chi connectivity index (χ1) is 9.75. The fourth-order valence-electron chi connectivity index (χ4n) is 2.27. The molecule has 110 valence electrons. The van der Waals surface area contributed by atoms with E-state index < -0.39 is 0 Å². The number of hydrogen-bond donors (Lipinski definition) is 0. The molecule has 1 aliphatic heterocycles. The summed E-state index contributed by atoms with van der Waals surface area (Å²) in [6, 6.07) is 10.1. The Labute approximate surface area is 125 Å². The summed E-state index contributed by atoms with van der Waals surface area (Å²) in [6.07, 6.45) is 4.88. The normalized spacial score (nSPS) is 18.8. The highest BCUT2D eigenvalue weighted by atomic mass is 32.2. The Morgan fingerprint density at radius 2 is 2.15 bits per heavy atom. The van der Waals surface area contributed by atoms with E-state index in [2.05, 4.69) is 0 Å². The molecule has 1 amide bonds. The summed E-state index contributed by atoms with van der Waals surface area (Å²) in [6.45, 7) is 1.67. The summed E-state index contributed by atoms with van der Waals surface area (Å²) in [7, 11) is 1.89. The summed E-state index contributed by atoms with van der Waals surface area (Å²) < 4.78 is 5.69. The quantitative estimate of drug-likeness (QED) is 0.754.